The fourth-order valence-corrected chi connectivity index (χ4v) is 3.77. The summed E-state index contributed by atoms with van der Waals surface area (Å²) in [4.78, 5) is 29.8. The summed E-state index contributed by atoms with van der Waals surface area (Å²) < 4.78 is 10.5. The van der Waals surface area contributed by atoms with Crippen molar-refractivity contribution >= 4 is 28.5 Å². The maximum absolute atomic E-state index is 13.0. The van der Waals surface area contributed by atoms with E-state index in [2.05, 4.69) is 17.2 Å². The van der Waals surface area contributed by atoms with Crippen LogP contribution >= 0.6 is 0 Å². The Morgan fingerprint density at radius 2 is 2.04 bits per heavy atom. The maximum atomic E-state index is 13.0. The number of amides is 1. The van der Waals surface area contributed by atoms with E-state index in [0.29, 0.717) is 11.4 Å². The number of hydrogen-bond donors (Lipinski definition) is 3. The fourth-order valence-electron chi connectivity index (χ4n) is 3.77. The number of likely N-dealkylation sites (tertiary alicyclic amines) is 1. The van der Waals surface area contributed by atoms with Gasteiger partial charge in [0.2, 0.25) is 0 Å². The van der Waals surface area contributed by atoms with Crippen LogP contribution in [-0.4, -0.2) is 49.7 Å². The Labute approximate surface area is 165 Å². The van der Waals surface area contributed by atoms with Crippen molar-refractivity contribution in [2.24, 2.45) is 5.92 Å². The third-order valence-corrected chi connectivity index (χ3v) is 5.66. The number of fused-ring (bicyclic) bond motifs is 1. The number of aromatic amines is 1. The largest absolute Gasteiger partial charge is 0.497 e. The van der Waals surface area contributed by atoms with Gasteiger partial charge in [0.15, 0.2) is 6.04 Å². The van der Waals surface area contributed by atoms with E-state index in [1.807, 2.05) is 19.1 Å². The molecule has 1 aromatic heterocycles. The lowest BCUT2D eigenvalue weighted by atomic mass is 9.98. The molecule has 2 heterocycles. The van der Waals surface area contributed by atoms with Crippen LogP contribution in [0, 0.1) is 5.92 Å². The van der Waals surface area contributed by atoms with Crippen LogP contribution in [-0.2, 0) is 9.53 Å². The topological polar surface area (TPSA) is 84.9 Å². The molecule has 0 unspecified atom stereocenters. The number of esters is 1. The number of benzene rings is 1. The third kappa shape index (κ3) is 4.14. The Kier molecular flexibility index (Phi) is 6.24. The summed E-state index contributed by atoms with van der Waals surface area (Å²) >= 11 is 0. The minimum atomic E-state index is -0.486. The lowest BCUT2D eigenvalue weighted by Crippen LogP contribution is -3.17. The number of hydrogen-bond acceptors (Lipinski definition) is 4. The van der Waals surface area contributed by atoms with Gasteiger partial charge in [0.25, 0.3) is 5.91 Å². The lowest BCUT2D eigenvalue weighted by molar-refractivity contribution is -0.919. The van der Waals surface area contributed by atoms with Gasteiger partial charge < -0.3 is 24.7 Å². The minimum absolute atomic E-state index is 0.0983. The van der Waals surface area contributed by atoms with Crippen molar-refractivity contribution < 1.29 is 24.0 Å². The third-order valence-electron chi connectivity index (χ3n) is 5.66. The Balaban J connectivity index is 1.90. The second kappa shape index (κ2) is 8.65. The lowest BCUT2D eigenvalue weighted by Gasteiger charge is -2.31. The zero-order valence-electron chi connectivity index (χ0n) is 17.1. The molecule has 1 fully saturated rings. The van der Waals surface area contributed by atoms with Crippen LogP contribution < -0.4 is 15.0 Å². The molecule has 0 saturated carbocycles. The Hall–Kier alpha value is -2.54. The second-order valence-electron chi connectivity index (χ2n) is 7.56. The summed E-state index contributed by atoms with van der Waals surface area (Å²) in [6.45, 7) is 8.19. The molecule has 0 bridgehead atoms. The molecular formula is C21H30N3O4+. The van der Waals surface area contributed by atoms with E-state index in [-0.39, 0.29) is 24.2 Å². The SMILES string of the molecule is CCOC(=O)c1[nH]c2ccc(OC)cc2c1NC(=O)[C@@H](C)[NH+]1CCC(C)CC1. The molecule has 7 nitrogen and oxygen atoms in total. The summed E-state index contributed by atoms with van der Waals surface area (Å²) in [7, 11) is 1.58. The number of nitrogens with one attached hydrogen (secondary N) is 3. The van der Waals surface area contributed by atoms with E-state index in [9.17, 15) is 9.59 Å². The highest BCUT2D eigenvalue weighted by Gasteiger charge is 2.30. The predicted octanol–water partition coefficient (Wildman–Crippen LogP) is 1.99. The number of methoxy groups -OCH3 is 1. The summed E-state index contributed by atoms with van der Waals surface area (Å²) in [5, 5.41) is 3.71. The average molecular weight is 388 g/mol. The molecule has 7 heteroatoms. The Bertz CT molecular complexity index is 853. The highest BCUT2D eigenvalue weighted by atomic mass is 16.5. The quantitative estimate of drug-likeness (QED) is 0.661. The summed E-state index contributed by atoms with van der Waals surface area (Å²) in [5.74, 6) is 0.787. The number of ether oxygens (including phenoxy) is 2. The van der Waals surface area contributed by atoms with Crippen LogP contribution in [0.4, 0.5) is 5.69 Å². The number of aromatic nitrogens is 1. The van der Waals surface area contributed by atoms with Gasteiger partial charge in [0.05, 0.1) is 32.5 Å². The van der Waals surface area contributed by atoms with Crippen LogP contribution in [0.2, 0.25) is 0 Å². The molecule has 28 heavy (non-hydrogen) atoms. The van der Waals surface area contributed by atoms with E-state index in [1.54, 1.807) is 20.1 Å². The molecular weight excluding hydrogens is 358 g/mol. The smallest absolute Gasteiger partial charge is 0.356 e. The van der Waals surface area contributed by atoms with E-state index < -0.39 is 5.97 Å². The molecule has 1 saturated heterocycles. The number of rotatable bonds is 6. The van der Waals surface area contributed by atoms with Gasteiger partial charge in [0, 0.05) is 10.9 Å². The van der Waals surface area contributed by atoms with Gasteiger partial charge >= 0.3 is 5.97 Å². The van der Waals surface area contributed by atoms with Crippen molar-refractivity contribution in [3.8, 4) is 5.75 Å². The molecule has 1 aliphatic rings. The van der Waals surface area contributed by atoms with Crippen molar-refractivity contribution in [1.29, 1.82) is 0 Å². The van der Waals surface area contributed by atoms with Crippen LogP contribution in [0.5, 0.6) is 5.75 Å². The van der Waals surface area contributed by atoms with Crippen LogP contribution in [0.3, 0.4) is 0 Å². The van der Waals surface area contributed by atoms with E-state index >= 15 is 0 Å². The molecule has 1 atom stereocenters. The molecule has 0 spiro atoms. The fraction of sp³-hybridized carbons (Fsp3) is 0.524. The number of quaternary nitrogens is 1. The van der Waals surface area contributed by atoms with E-state index in [1.165, 1.54) is 4.90 Å². The predicted molar refractivity (Wildman–Crippen MR) is 108 cm³/mol. The Morgan fingerprint density at radius 1 is 1.32 bits per heavy atom. The van der Waals surface area contributed by atoms with Gasteiger partial charge in [-0.05, 0) is 50.8 Å². The molecule has 1 aliphatic heterocycles. The Morgan fingerprint density at radius 3 is 2.68 bits per heavy atom. The monoisotopic (exact) mass is 388 g/mol. The maximum Gasteiger partial charge on any atom is 0.356 e. The zero-order chi connectivity index (χ0) is 20.3. The van der Waals surface area contributed by atoms with Crippen molar-refractivity contribution in [3.63, 3.8) is 0 Å². The van der Waals surface area contributed by atoms with Crippen LogP contribution in [0.15, 0.2) is 18.2 Å². The van der Waals surface area contributed by atoms with Gasteiger partial charge in [-0.3, -0.25) is 4.79 Å². The first kappa shape index (κ1) is 20.2. The highest BCUT2D eigenvalue weighted by molar-refractivity contribution is 6.11. The van der Waals surface area contributed by atoms with Crippen LogP contribution in [0.25, 0.3) is 10.9 Å². The van der Waals surface area contributed by atoms with Gasteiger partial charge in [-0.15, -0.1) is 0 Å². The molecule has 1 aromatic carbocycles. The number of carbonyl (C=O) groups is 2. The zero-order valence-corrected chi connectivity index (χ0v) is 17.1. The normalized spacial score (nSPS) is 20.6. The van der Waals surface area contributed by atoms with Gasteiger partial charge in [-0.1, -0.05) is 6.92 Å². The van der Waals surface area contributed by atoms with Crippen molar-refractivity contribution in [2.45, 2.75) is 39.7 Å². The van der Waals surface area contributed by atoms with E-state index in [0.717, 1.165) is 42.8 Å². The van der Waals surface area contributed by atoms with Crippen molar-refractivity contribution in [2.75, 3.05) is 32.1 Å². The summed E-state index contributed by atoms with van der Waals surface area (Å²) in [6, 6.07) is 5.25. The second-order valence-corrected chi connectivity index (χ2v) is 7.56. The van der Waals surface area contributed by atoms with Gasteiger partial charge in [-0.2, -0.15) is 0 Å². The molecule has 3 N–H and O–H groups in total. The first-order valence-corrected chi connectivity index (χ1v) is 9.96. The number of H-pyrrole nitrogens is 1. The summed E-state index contributed by atoms with van der Waals surface area (Å²) in [6.07, 6.45) is 2.26. The van der Waals surface area contributed by atoms with Crippen molar-refractivity contribution in [1.82, 2.24) is 4.98 Å². The minimum Gasteiger partial charge on any atom is -0.497 e. The van der Waals surface area contributed by atoms with E-state index in [4.69, 9.17) is 9.47 Å². The average Bonchev–Trinajstić information content (AvgIpc) is 3.05. The molecule has 0 aliphatic carbocycles. The number of carbonyl (C=O) groups excluding carboxylic acids is 2. The van der Waals surface area contributed by atoms with Gasteiger partial charge in [-0.25, -0.2) is 4.79 Å². The molecule has 1 amide bonds. The van der Waals surface area contributed by atoms with Crippen molar-refractivity contribution in [3.05, 3.63) is 23.9 Å². The van der Waals surface area contributed by atoms with Gasteiger partial charge in [0.1, 0.15) is 11.4 Å². The number of anilines is 1. The number of piperidine rings is 1. The first-order chi connectivity index (χ1) is 13.4. The first-order valence-electron chi connectivity index (χ1n) is 9.96. The molecule has 152 valence electrons. The molecule has 2 aromatic rings. The molecule has 0 radical (unpaired) electrons. The van der Waals surface area contributed by atoms with Crippen LogP contribution in [0.1, 0.15) is 44.1 Å². The summed E-state index contributed by atoms with van der Waals surface area (Å²) in [5.41, 5.74) is 1.45. The highest BCUT2D eigenvalue weighted by Crippen LogP contribution is 2.31. The standard InChI is InChI=1S/C21H29N3O4/c1-5-28-21(26)19-18(16-12-15(27-4)6-7-17(16)22-19)23-20(25)14(3)24-10-8-13(2)9-11-24/h6-7,12-14,22H,5,8-11H2,1-4H3,(H,23,25)/p+1/t14-/m1/s1. The molecule has 3 rings (SSSR count).